The predicted octanol–water partition coefficient (Wildman–Crippen LogP) is 6.27. The lowest BCUT2D eigenvalue weighted by molar-refractivity contribution is 0.353. The van der Waals surface area contributed by atoms with E-state index in [2.05, 4.69) is 40.5 Å². The van der Waals surface area contributed by atoms with Crippen LogP contribution in [0.3, 0.4) is 0 Å². The molecule has 2 N–H and O–H groups in total. The molecular formula is C24H38N4S. The van der Waals surface area contributed by atoms with Gasteiger partial charge in [0.05, 0.1) is 5.39 Å². The van der Waals surface area contributed by atoms with Crippen LogP contribution >= 0.6 is 11.3 Å². The molecular weight excluding hydrogens is 376 g/mol. The molecule has 29 heavy (non-hydrogen) atoms. The molecule has 1 saturated carbocycles. The molecule has 2 aromatic rings. The molecule has 0 bridgehead atoms. The number of anilines is 1. The summed E-state index contributed by atoms with van der Waals surface area (Å²) in [4.78, 5) is 11.8. The fraction of sp³-hybridized carbons (Fsp3) is 0.667. The van der Waals surface area contributed by atoms with E-state index in [4.69, 9.17) is 0 Å². The van der Waals surface area contributed by atoms with Crippen LogP contribution < -0.4 is 10.6 Å². The van der Waals surface area contributed by atoms with E-state index in [1.807, 2.05) is 25.2 Å². The molecule has 5 heteroatoms. The van der Waals surface area contributed by atoms with Crippen LogP contribution in [-0.2, 0) is 12.8 Å². The average Bonchev–Trinajstić information content (AvgIpc) is 3.35. The molecule has 0 radical (unpaired) electrons. The van der Waals surface area contributed by atoms with Gasteiger partial charge in [0, 0.05) is 17.0 Å². The van der Waals surface area contributed by atoms with Crippen molar-refractivity contribution in [1.82, 2.24) is 15.3 Å². The number of rotatable bonds is 7. The van der Waals surface area contributed by atoms with Gasteiger partial charge in [-0.15, -0.1) is 11.3 Å². The number of allylic oxidation sites excluding steroid dienone is 2. The number of thiophene rings is 1. The van der Waals surface area contributed by atoms with Gasteiger partial charge in [-0.3, -0.25) is 0 Å². The third-order valence-corrected chi connectivity index (χ3v) is 7.44. The maximum absolute atomic E-state index is 4.62. The second-order valence-electron chi connectivity index (χ2n) is 8.15. The fourth-order valence-electron chi connectivity index (χ4n) is 4.49. The minimum Gasteiger partial charge on any atom is -0.367 e. The Bertz CT molecular complexity index is 803. The molecule has 1 fully saturated rings. The number of hydrogen-bond donors (Lipinski definition) is 2. The highest BCUT2D eigenvalue weighted by molar-refractivity contribution is 7.19. The first kappa shape index (κ1) is 22.2. The van der Waals surface area contributed by atoms with Crippen molar-refractivity contribution in [2.45, 2.75) is 97.6 Å². The van der Waals surface area contributed by atoms with E-state index in [1.165, 1.54) is 84.0 Å². The summed E-state index contributed by atoms with van der Waals surface area (Å²) in [6, 6.07) is 1.23. The van der Waals surface area contributed by atoms with Crippen molar-refractivity contribution < 1.29 is 0 Å². The SMILES string of the molecule is C/C=C(\C)CCCNC1CCC(Nc2ncnc3sc4c(c23)CCC4)CC1.CC. The van der Waals surface area contributed by atoms with Crippen LogP contribution in [0.2, 0.25) is 0 Å². The van der Waals surface area contributed by atoms with E-state index in [-0.39, 0.29) is 0 Å². The zero-order valence-electron chi connectivity index (χ0n) is 18.7. The fourth-order valence-corrected chi connectivity index (χ4v) is 5.72. The van der Waals surface area contributed by atoms with Crippen LogP contribution in [0.4, 0.5) is 5.82 Å². The summed E-state index contributed by atoms with van der Waals surface area (Å²) >= 11 is 1.87. The number of aromatic nitrogens is 2. The highest BCUT2D eigenvalue weighted by Crippen LogP contribution is 2.39. The van der Waals surface area contributed by atoms with Crippen LogP contribution in [0.1, 0.15) is 83.1 Å². The summed E-state index contributed by atoms with van der Waals surface area (Å²) < 4.78 is 0. The zero-order chi connectivity index (χ0) is 20.6. The Balaban J connectivity index is 0.00000117. The van der Waals surface area contributed by atoms with Crippen molar-refractivity contribution in [3.63, 3.8) is 0 Å². The van der Waals surface area contributed by atoms with Crippen molar-refractivity contribution in [3.05, 3.63) is 28.4 Å². The molecule has 2 aliphatic rings. The molecule has 0 aromatic carbocycles. The molecule has 0 atom stereocenters. The van der Waals surface area contributed by atoms with E-state index < -0.39 is 0 Å². The van der Waals surface area contributed by atoms with Gasteiger partial charge in [0.25, 0.3) is 0 Å². The van der Waals surface area contributed by atoms with Crippen LogP contribution in [0.5, 0.6) is 0 Å². The smallest absolute Gasteiger partial charge is 0.138 e. The molecule has 160 valence electrons. The highest BCUT2D eigenvalue weighted by atomic mass is 32.1. The van der Waals surface area contributed by atoms with Gasteiger partial charge in [0.1, 0.15) is 17.0 Å². The predicted molar refractivity (Wildman–Crippen MR) is 127 cm³/mol. The van der Waals surface area contributed by atoms with Crippen molar-refractivity contribution in [2.24, 2.45) is 0 Å². The first-order valence-corrected chi connectivity index (χ1v) is 12.4. The maximum Gasteiger partial charge on any atom is 0.138 e. The number of fused-ring (bicyclic) bond motifs is 3. The topological polar surface area (TPSA) is 49.8 Å². The van der Waals surface area contributed by atoms with Crippen LogP contribution in [0.25, 0.3) is 10.2 Å². The zero-order valence-corrected chi connectivity index (χ0v) is 19.5. The molecule has 0 unspecified atom stereocenters. The summed E-state index contributed by atoms with van der Waals surface area (Å²) in [7, 11) is 0. The Kier molecular flexibility index (Phi) is 8.49. The third-order valence-electron chi connectivity index (χ3n) is 6.24. The number of aryl methyl sites for hydroxylation is 2. The lowest BCUT2D eigenvalue weighted by Crippen LogP contribution is -2.37. The summed E-state index contributed by atoms with van der Waals surface area (Å²) in [5.74, 6) is 1.08. The van der Waals surface area contributed by atoms with E-state index in [0.29, 0.717) is 12.1 Å². The molecule has 2 heterocycles. The number of nitrogens with one attached hydrogen (secondary N) is 2. The van der Waals surface area contributed by atoms with Gasteiger partial charge < -0.3 is 10.6 Å². The first-order valence-electron chi connectivity index (χ1n) is 11.6. The van der Waals surface area contributed by atoms with E-state index in [0.717, 1.165) is 12.4 Å². The van der Waals surface area contributed by atoms with Crippen LogP contribution in [0.15, 0.2) is 18.0 Å². The summed E-state index contributed by atoms with van der Waals surface area (Å²) in [5.41, 5.74) is 3.02. The highest BCUT2D eigenvalue weighted by Gasteiger charge is 2.24. The number of hydrogen-bond acceptors (Lipinski definition) is 5. The molecule has 0 amide bonds. The van der Waals surface area contributed by atoms with Crippen LogP contribution in [-0.4, -0.2) is 28.6 Å². The molecule has 4 nitrogen and oxygen atoms in total. The van der Waals surface area contributed by atoms with Crippen LogP contribution in [0, 0.1) is 0 Å². The lowest BCUT2D eigenvalue weighted by atomic mass is 9.91. The van der Waals surface area contributed by atoms with Crippen molar-refractivity contribution in [1.29, 1.82) is 0 Å². The van der Waals surface area contributed by atoms with Gasteiger partial charge >= 0.3 is 0 Å². The van der Waals surface area contributed by atoms with E-state index in [1.54, 1.807) is 6.33 Å². The van der Waals surface area contributed by atoms with Crippen molar-refractivity contribution >= 4 is 27.4 Å². The number of nitrogens with zero attached hydrogens (tertiary/aromatic N) is 2. The molecule has 4 rings (SSSR count). The van der Waals surface area contributed by atoms with Gasteiger partial charge in [-0.25, -0.2) is 9.97 Å². The molecule has 2 aliphatic carbocycles. The standard InChI is InChI=1S/C22H32N4S.C2H6/c1-3-15(2)6-5-13-23-16-9-11-17(12-10-16)26-21-20-18-7-4-8-19(18)27-22(20)25-14-24-21;1-2/h3,14,16-17,23H,4-13H2,1-2H3,(H,24,25,26);1-2H3/b15-3+;. The monoisotopic (exact) mass is 414 g/mol. The van der Waals surface area contributed by atoms with Gasteiger partial charge in [0.15, 0.2) is 0 Å². The van der Waals surface area contributed by atoms with Crippen molar-refractivity contribution in [2.75, 3.05) is 11.9 Å². The second kappa shape index (κ2) is 11.1. The quantitative estimate of drug-likeness (QED) is 0.414. The minimum absolute atomic E-state index is 0.545. The van der Waals surface area contributed by atoms with Crippen molar-refractivity contribution in [3.8, 4) is 0 Å². The Hall–Kier alpha value is -1.46. The molecule has 0 saturated heterocycles. The van der Waals surface area contributed by atoms with Gasteiger partial charge in [0.2, 0.25) is 0 Å². The Morgan fingerprint density at radius 1 is 1.14 bits per heavy atom. The second-order valence-corrected chi connectivity index (χ2v) is 9.23. The first-order chi connectivity index (χ1) is 14.2. The molecule has 2 aromatic heterocycles. The summed E-state index contributed by atoms with van der Waals surface area (Å²) in [6.07, 6.45) is 15.1. The van der Waals surface area contributed by atoms with E-state index in [9.17, 15) is 0 Å². The van der Waals surface area contributed by atoms with Gasteiger partial charge in [-0.1, -0.05) is 25.5 Å². The molecule has 0 aliphatic heterocycles. The largest absolute Gasteiger partial charge is 0.367 e. The molecule has 0 spiro atoms. The van der Waals surface area contributed by atoms with E-state index >= 15 is 0 Å². The Labute approximate surface area is 180 Å². The van der Waals surface area contributed by atoms with Gasteiger partial charge in [-0.05, 0) is 83.7 Å². The Morgan fingerprint density at radius 3 is 2.66 bits per heavy atom. The maximum atomic E-state index is 4.62. The summed E-state index contributed by atoms with van der Waals surface area (Å²) in [6.45, 7) is 9.50. The third kappa shape index (κ3) is 5.58. The Morgan fingerprint density at radius 2 is 1.90 bits per heavy atom. The lowest BCUT2D eigenvalue weighted by Gasteiger charge is -2.30. The van der Waals surface area contributed by atoms with Gasteiger partial charge in [-0.2, -0.15) is 0 Å². The average molecular weight is 415 g/mol. The summed E-state index contributed by atoms with van der Waals surface area (Å²) in [5, 5.41) is 8.85. The normalized spacial score (nSPS) is 21.6. The minimum atomic E-state index is 0.545.